The van der Waals surface area contributed by atoms with E-state index in [2.05, 4.69) is 10.1 Å². The Balaban J connectivity index is 2.74. The SMILES string of the molecule is COC(=O)[C@H](N[C@@H]1CCN(CC(F)(F)F)C1=O)C(C)(C)C. The number of ether oxygens (including phenoxy) is 1. The van der Waals surface area contributed by atoms with Crippen molar-refractivity contribution in [2.75, 3.05) is 20.2 Å². The number of alkyl halides is 3. The highest BCUT2D eigenvalue weighted by Crippen LogP contribution is 2.24. The standard InChI is InChI=1S/C13H21F3N2O3/c1-12(2,3)9(11(20)21-4)17-8-5-6-18(10(8)19)7-13(14,15)16/h8-9,17H,5-7H2,1-4H3/t8-,9+/m1/s1. The Bertz CT molecular complexity index is 404. The fourth-order valence-corrected chi connectivity index (χ4v) is 2.26. The first kappa shape index (κ1) is 17.7. The van der Waals surface area contributed by atoms with E-state index in [0.29, 0.717) is 0 Å². The number of hydrogen-bond acceptors (Lipinski definition) is 4. The fourth-order valence-electron chi connectivity index (χ4n) is 2.26. The van der Waals surface area contributed by atoms with Crippen LogP contribution in [0.25, 0.3) is 0 Å². The van der Waals surface area contributed by atoms with Gasteiger partial charge in [-0.1, -0.05) is 20.8 Å². The van der Waals surface area contributed by atoms with Crippen LogP contribution in [0.3, 0.4) is 0 Å². The van der Waals surface area contributed by atoms with Crippen molar-refractivity contribution >= 4 is 11.9 Å². The fraction of sp³-hybridized carbons (Fsp3) is 0.846. The molecule has 0 aromatic carbocycles. The van der Waals surface area contributed by atoms with Crippen LogP contribution in [0.4, 0.5) is 13.2 Å². The summed E-state index contributed by atoms with van der Waals surface area (Å²) in [6, 6.07) is -1.56. The van der Waals surface area contributed by atoms with Crippen LogP contribution < -0.4 is 5.32 Å². The second-order valence-corrected chi connectivity index (χ2v) is 6.21. The molecular weight excluding hydrogens is 289 g/mol. The summed E-state index contributed by atoms with van der Waals surface area (Å²) in [5, 5.41) is 2.84. The van der Waals surface area contributed by atoms with Gasteiger partial charge in [-0.15, -0.1) is 0 Å². The first-order chi connectivity index (χ1) is 9.45. The number of hydrogen-bond donors (Lipinski definition) is 1. The third-order valence-electron chi connectivity index (χ3n) is 3.34. The Labute approximate surface area is 121 Å². The molecule has 1 rings (SSSR count). The molecule has 21 heavy (non-hydrogen) atoms. The number of nitrogens with one attached hydrogen (secondary N) is 1. The van der Waals surface area contributed by atoms with Crippen LogP contribution in [0.5, 0.6) is 0 Å². The maximum absolute atomic E-state index is 12.4. The molecule has 1 aliphatic heterocycles. The molecule has 1 N–H and O–H groups in total. The lowest BCUT2D eigenvalue weighted by Crippen LogP contribution is -2.53. The Kier molecular flexibility index (Phi) is 5.25. The first-order valence-corrected chi connectivity index (χ1v) is 6.65. The highest BCUT2D eigenvalue weighted by atomic mass is 19.4. The molecule has 1 amide bonds. The molecule has 8 heteroatoms. The van der Waals surface area contributed by atoms with Gasteiger partial charge >= 0.3 is 12.1 Å². The summed E-state index contributed by atoms with van der Waals surface area (Å²) < 4.78 is 41.7. The van der Waals surface area contributed by atoms with E-state index in [1.54, 1.807) is 20.8 Å². The van der Waals surface area contributed by atoms with Crippen LogP contribution in [0.15, 0.2) is 0 Å². The van der Waals surface area contributed by atoms with Crippen molar-refractivity contribution in [3.05, 3.63) is 0 Å². The van der Waals surface area contributed by atoms with Crippen molar-refractivity contribution in [2.24, 2.45) is 5.41 Å². The Hall–Kier alpha value is -1.31. The van der Waals surface area contributed by atoms with Crippen LogP contribution in [0.2, 0.25) is 0 Å². The van der Waals surface area contributed by atoms with Crippen LogP contribution in [-0.4, -0.2) is 55.2 Å². The zero-order valence-corrected chi connectivity index (χ0v) is 12.6. The van der Waals surface area contributed by atoms with E-state index in [-0.39, 0.29) is 13.0 Å². The average molecular weight is 310 g/mol. The quantitative estimate of drug-likeness (QED) is 0.796. The molecule has 0 spiro atoms. The second-order valence-electron chi connectivity index (χ2n) is 6.21. The van der Waals surface area contributed by atoms with Gasteiger partial charge < -0.3 is 9.64 Å². The van der Waals surface area contributed by atoms with Gasteiger partial charge in [-0.05, 0) is 11.8 Å². The lowest BCUT2D eigenvalue weighted by molar-refractivity contribution is -0.158. The number of amides is 1. The third-order valence-corrected chi connectivity index (χ3v) is 3.34. The molecule has 0 bridgehead atoms. The van der Waals surface area contributed by atoms with Crippen molar-refractivity contribution in [1.29, 1.82) is 0 Å². The number of carbonyl (C=O) groups is 2. The van der Waals surface area contributed by atoms with E-state index < -0.39 is 42.1 Å². The van der Waals surface area contributed by atoms with Gasteiger partial charge in [-0.2, -0.15) is 13.2 Å². The van der Waals surface area contributed by atoms with Crippen LogP contribution in [0, 0.1) is 5.41 Å². The first-order valence-electron chi connectivity index (χ1n) is 6.65. The third kappa shape index (κ3) is 4.87. The van der Waals surface area contributed by atoms with E-state index >= 15 is 0 Å². The monoisotopic (exact) mass is 310 g/mol. The lowest BCUT2D eigenvalue weighted by atomic mass is 9.86. The molecule has 0 saturated carbocycles. The maximum atomic E-state index is 12.4. The van der Waals surface area contributed by atoms with Crippen molar-refractivity contribution in [3.63, 3.8) is 0 Å². The number of esters is 1. The normalized spacial score (nSPS) is 21.6. The summed E-state index contributed by atoms with van der Waals surface area (Å²) in [6.07, 6.45) is -4.19. The zero-order chi connectivity index (χ0) is 16.4. The number of halogens is 3. The molecule has 1 aliphatic rings. The predicted octanol–water partition coefficient (Wildman–Crippen LogP) is 1.33. The minimum atomic E-state index is -4.42. The van der Waals surface area contributed by atoms with Crippen LogP contribution in [0.1, 0.15) is 27.2 Å². The van der Waals surface area contributed by atoms with E-state index in [1.165, 1.54) is 7.11 Å². The van der Waals surface area contributed by atoms with Crippen molar-refractivity contribution in [2.45, 2.75) is 45.5 Å². The molecule has 0 aromatic rings. The summed E-state index contributed by atoms with van der Waals surface area (Å²) in [5.74, 6) is -1.17. The molecule has 122 valence electrons. The number of methoxy groups -OCH3 is 1. The van der Waals surface area contributed by atoms with Gasteiger partial charge in [-0.3, -0.25) is 14.9 Å². The van der Waals surface area contributed by atoms with Crippen LogP contribution in [-0.2, 0) is 14.3 Å². The van der Waals surface area contributed by atoms with Crippen molar-refractivity contribution in [1.82, 2.24) is 10.2 Å². The molecule has 0 aliphatic carbocycles. The molecule has 2 atom stereocenters. The molecule has 0 radical (unpaired) electrons. The van der Waals surface area contributed by atoms with Crippen molar-refractivity contribution in [3.8, 4) is 0 Å². The van der Waals surface area contributed by atoms with Gasteiger partial charge in [-0.25, -0.2) is 0 Å². The molecule has 1 heterocycles. The summed E-state index contributed by atoms with van der Waals surface area (Å²) in [6.45, 7) is 4.12. The minimum Gasteiger partial charge on any atom is -0.468 e. The van der Waals surface area contributed by atoms with Gasteiger partial charge in [0.25, 0.3) is 0 Å². The number of likely N-dealkylation sites (tertiary alicyclic amines) is 1. The molecule has 0 aromatic heterocycles. The van der Waals surface area contributed by atoms with E-state index in [9.17, 15) is 22.8 Å². The van der Waals surface area contributed by atoms with Gasteiger partial charge in [0.15, 0.2) is 0 Å². The van der Waals surface area contributed by atoms with Gasteiger partial charge in [0.05, 0.1) is 13.2 Å². The number of rotatable bonds is 4. The van der Waals surface area contributed by atoms with Crippen molar-refractivity contribution < 1.29 is 27.5 Å². The predicted molar refractivity (Wildman–Crippen MR) is 69.4 cm³/mol. The largest absolute Gasteiger partial charge is 0.468 e. The molecule has 0 unspecified atom stereocenters. The second kappa shape index (κ2) is 6.21. The van der Waals surface area contributed by atoms with Gasteiger partial charge in [0.2, 0.25) is 5.91 Å². The Morgan fingerprint density at radius 3 is 2.43 bits per heavy atom. The van der Waals surface area contributed by atoms with Crippen LogP contribution >= 0.6 is 0 Å². The van der Waals surface area contributed by atoms with E-state index in [0.717, 1.165) is 4.90 Å². The lowest BCUT2D eigenvalue weighted by Gasteiger charge is -2.31. The molecule has 5 nitrogen and oxygen atoms in total. The average Bonchev–Trinajstić information content (AvgIpc) is 2.63. The van der Waals surface area contributed by atoms with Gasteiger partial charge in [0.1, 0.15) is 12.6 Å². The molecule has 1 saturated heterocycles. The van der Waals surface area contributed by atoms with E-state index in [1.807, 2.05) is 0 Å². The molecule has 1 fully saturated rings. The topological polar surface area (TPSA) is 58.6 Å². The maximum Gasteiger partial charge on any atom is 0.406 e. The summed E-state index contributed by atoms with van der Waals surface area (Å²) in [4.78, 5) is 24.5. The van der Waals surface area contributed by atoms with E-state index in [4.69, 9.17) is 0 Å². The van der Waals surface area contributed by atoms with Gasteiger partial charge in [0, 0.05) is 6.54 Å². The number of nitrogens with zero attached hydrogens (tertiary/aromatic N) is 1. The summed E-state index contributed by atoms with van der Waals surface area (Å²) in [5.41, 5.74) is -0.523. The minimum absolute atomic E-state index is 0.0219. The molecular formula is C13H21F3N2O3. The Morgan fingerprint density at radius 2 is 2.00 bits per heavy atom. The summed E-state index contributed by atoms with van der Waals surface area (Å²) >= 11 is 0. The Morgan fingerprint density at radius 1 is 1.43 bits per heavy atom. The summed E-state index contributed by atoms with van der Waals surface area (Å²) in [7, 11) is 1.23. The smallest absolute Gasteiger partial charge is 0.406 e. The highest BCUT2D eigenvalue weighted by Gasteiger charge is 2.42. The zero-order valence-electron chi connectivity index (χ0n) is 12.6. The highest BCUT2D eigenvalue weighted by molar-refractivity contribution is 5.85. The number of carbonyl (C=O) groups excluding carboxylic acids is 2.